The summed E-state index contributed by atoms with van der Waals surface area (Å²) in [5.74, 6) is -1.85. The molecule has 0 bridgehead atoms. The van der Waals surface area contributed by atoms with Crippen molar-refractivity contribution in [3.8, 4) is 0 Å². The molecule has 1 aromatic carbocycles. The molecule has 0 saturated heterocycles. The van der Waals surface area contributed by atoms with Gasteiger partial charge < -0.3 is 5.32 Å². The number of sulfone groups is 1. The van der Waals surface area contributed by atoms with Gasteiger partial charge in [0.1, 0.15) is 11.6 Å². The maximum Gasteiger partial charge on any atom is 0.236 e. The van der Waals surface area contributed by atoms with E-state index in [4.69, 9.17) is 11.6 Å². The fraction of sp³-hybridized carbons (Fsp3) is 0.200. The number of hydrogen-bond donors (Lipinski definition) is 1. The molecule has 0 aliphatic carbocycles. The first-order valence-electron chi connectivity index (χ1n) is 6.67. The van der Waals surface area contributed by atoms with Gasteiger partial charge in [0.05, 0.1) is 11.1 Å². The SMILES string of the molecule is CC(NC(=O)CS(=O)(=O)c1ncccc1Cl)c1ccc(F)cc1. The minimum Gasteiger partial charge on any atom is -0.349 e. The molecule has 122 valence electrons. The highest BCUT2D eigenvalue weighted by atomic mass is 35.5. The van der Waals surface area contributed by atoms with Crippen molar-refractivity contribution in [1.29, 1.82) is 0 Å². The lowest BCUT2D eigenvalue weighted by molar-refractivity contribution is -0.119. The molecule has 1 amide bonds. The van der Waals surface area contributed by atoms with Gasteiger partial charge in [-0.1, -0.05) is 23.7 Å². The summed E-state index contributed by atoms with van der Waals surface area (Å²) in [7, 11) is -3.94. The molecule has 5 nitrogen and oxygen atoms in total. The predicted octanol–water partition coefficient (Wildman–Crippen LogP) is 2.53. The van der Waals surface area contributed by atoms with Crippen molar-refractivity contribution < 1.29 is 17.6 Å². The van der Waals surface area contributed by atoms with Crippen LogP contribution in [-0.2, 0) is 14.6 Å². The van der Waals surface area contributed by atoms with Crippen LogP contribution in [0.15, 0.2) is 47.6 Å². The third-order valence-electron chi connectivity index (χ3n) is 3.09. The Kier molecular flexibility index (Phi) is 5.33. The van der Waals surface area contributed by atoms with E-state index in [1.807, 2.05) is 0 Å². The summed E-state index contributed by atoms with van der Waals surface area (Å²) in [5, 5.41) is 2.19. The van der Waals surface area contributed by atoms with E-state index in [9.17, 15) is 17.6 Å². The summed E-state index contributed by atoms with van der Waals surface area (Å²) in [6.45, 7) is 1.67. The largest absolute Gasteiger partial charge is 0.349 e. The Balaban J connectivity index is 2.07. The fourth-order valence-electron chi connectivity index (χ4n) is 1.96. The highest BCUT2D eigenvalue weighted by Crippen LogP contribution is 2.19. The summed E-state index contributed by atoms with van der Waals surface area (Å²) in [6, 6.07) is 8.00. The lowest BCUT2D eigenvalue weighted by Gasteiger charge is -2.14. The second-order valence-electron chi connectivity index (χ2n) is 4.89. The maximum atomic E-state index is 12.9. The quantitative estimate of drug-likeness (QED) is 0.893. The van der Waals surface area contributed by atoms with E-state index in [-0.39, 0.29) is 15.9 Å². The number of carbonyl (C=O) groups excluding carboxylic acids is 1. The molecular formula is C15H14ClFN2O3S. The van der Waals surface area contributed by atoms with E-state index < -0.39 is 27.5 Å². The highest BCUT2D eigenvalue weighted by Gasteiger charge is 2.24. The summed E-state index contributed by atoms with van der Waals surface area (Å²) in [4.78, 5) is 15.7. The van der Waals surface area contributed by atoms with E-state index in [0.717, 1.165) is 0 Å². The second-order valence-corrected chi connectivity index (χ2v) is 7.20. The van der Waals surface area contributed by atoms with Crippen LogP contribution >= 0.6 is 11.6 Å². The molecule has 0 aliphatic rings. The first kappa shape index (κ1) is 17.4. The van der Waals surface area contributed by atoms with Crippen LogP contribution in [0.3, 0.4) is 0 Å². The molecular weight excluding hydrogens is 343 g/mol. The Hall–Kier alpha value is -1.99. The van der Waals surface area contributed by atoms with Crippen molar-refractivity contribution in [2.45, 2.75) is 18.0 Å². The number of amides is 1. The van der Waals surface area contributed by atoms with Gasteiger partial charge in [0.25, 0.3) is 0 Å². The molecule has 1 aromatic heterocycles. The third kappa shape index (κ3) is 4.49. The molecule has 8 heteroatoms. The van der Waals surface area contributed by atoms with E-state index in [1.54, 1.807) is 6.92 Å². The molecule has 0 fully saturated rings. The van der Waals surface area contributed by atoms with Crippen LogP contribution in [0, 0.1) is 5.82 Å². The van der Waals surface area contributed by atoms with E-state index in [2.05, 4.69) is 10.3 Å². The minimum absolute atomic E-state index is 0.0353. The van der Waals surface area contributed by atoms with Gasteiger partial charge in [0.2, 0.25) is 15.7 Å². The van der Waals surface area contributed by atoms with Crippen molar-refractivity contribution in [3.05, 3.63) is 59.0 Å². The summed E-state index contributed by atoms with van der Waals surface area (Å²) >= 11 is 5.80. The molecule has 0 aliphatic heterocycles. The van der Waals surface area contributed by atoms with E-state index >= 15 is 0 Å². The van der Waals surface area contributed by atoms with Gasteiger partial charge in [-0.15, -0.1) is 0 Å². The molecule has 0 saturated carbocycles. The molecule has 2 aromatic rings. The number of carbonyl (C=O) groups is 1. The first-order valence-corrected chi connectivity index (χ1v) is 8.71. The van der Waals surface area contributed by atoms with Crippen LogP contribution in [-0.4, -0.2) is 25.1 Å². The maximum absolute atomic E-state index is 12.9. The van der Waals surface area contributed by atoms with Crippen LogP contribution in [0.2, 0.25) is 5.02 Å². The van der Waals surface area contributed by atoms with Gasteiger partial charge in [0, 0.05) is 6.20 Å². The van der Waals surface area contributed by atoms with Gasteiger partial charge in [0.15, 0.2) is 5.03 Å². The molecule has 23 heavy (non-hydrogen) atoms. The minimum atomic E-state index is -3.94. The van der Waals surface area contributed by atoms with Gasteiger partial charge in [-0.2, -0.15) is 0 Å². The number of aromatic nitrogens is 1. The molecule has 1 heterocycles. The van der Waals surface area contributed by atoms with Crippen molar-refractivity contribution in [1.82, 2.24) is 10.3 Å². The average Bonchev–Trinajstić information content (AvgIpc) is 2.47. The Bertz CT molecular complexity index is 810. The number of nitrogens with zero attached hydrogens (tertiary/aromatic N) is 1. The average molecular weight is 357 g/mol. The van der Waals surface area contributed by atoms with Gasteiger partial charge in [-0.25, -0.2) is 17.8 Å². The molecule has 2 rings (SSSR count). The normalized spacial score (nSPS) is 12.7. The smallest absolute Gasteiger partial charge is 0.236 e. The second kappa shape index (κ2) is 7.06. The summed E-state index contributed by atoms with van der Waals surface area (Å²) < 4.78 is 37.2. The van der Waals surface area contributed by atoms with Crippen LogP contribution < -0.4 is 5.32 Å². The monoisotopic (exact) mass is 356 g/mol. The number of pyridine rings is 1. The number of rotatable bonds is 5. The molecule has 1 N–H and O–H groups in total. The predicted molar refractivity (Wildman–Crippen MR) is 84.3 cm³/mol. The lowest BCUT2D eigenvalue weighted by Crippen LogP contribution is -2.32. The zero-order valence-corrected chi connectivity index (χ0v) is 13.7. The van der Waals surface area contributed by atoms with Crippen molar-refractivity contribution >= 4 is 27.3 Å². The molecule has 1 unspecified atom stereocenters. The van der Waals surface area contributed by atoms with Crippen LogP contribution in [0.25, 0.3) is 0 Å². The standard InChI is InChI=1S/C15H14ClFN2O3S/c1-10(11-4-6-12(17)7-5-11)19-14(20)9-23(21,22)15-13(16)3-2-8-18-15/h2-8,10H,9H2,1H3,(H,19,20). The van der Waals surface area contributed by atoms with E-state index in [1.165, 1.54) is 42.6 Å². The fourth-order valence-corrected chi connectivity index (χ4v) is 3.58. The van der Waals surface area contributed by atoms with Crippen LogP contribution in [0.1, 0.15) is 18.5 Å². The van der Waals surface area contributed by atoms with Crippen molar-refractivity contribution in [2.75, 3.05) is 5.75 Å². The Morgan fingerprint density at radius 3 is 2.57 bits per heavy atom. The van der Waals surface area contributed by atoms with Crippen molar-refractivity contribution in [3.63, 3.8) is 0 Å². The van der Waals surface area contributed by atoms with Gasteiger partial charge in [-0.3, -0.25) is 4.79 Å². The molecule has 0 spiro atoms. The van der Waals surface area contributed by atoms with Crippen LogP contribution in [0.5, 0.6) is 0 Å². The number of halogens is 2. The highest BCUT2D eigenvalue weighted by molar-refractivity contribution is 7.92. The molecule has 1 atom stereocenters. The van der Waals surface area contributed by atoms with Crippen molar-refractivity contribution in [2.24, 2.45) is 0 Å². The summed E-state index contributed by atoms with van der Waals surface area (Å²) in [6.07, 6.45) is 1.29. The zero-order chi connectivity index (χ0) is 17.0. The van der Waals surface area contributed by atoms with E-state index in [0.29, 0.717) is 5.56 Å². The molecule has 0 radical (unpaired) electrons. The Labute approximate surface area is 138 Å². The number of benzene rings is 1. The van der Waals surface area contributed by atoms with Gasteiger partial charge in [-0.05, 0) is 36.8 Å². The van der Waals surface area contributed by atoms with Gasteiger partial charge >= 0.3 is 0 Å². The Morgan fingerprint density at radius 2 is 1.96 bits per heavy atom. The summed E-state index contributed by atoms with van der Waals surface area (Å²) in [5.41, 5.74) is 0.660. The first-order chi connectivity index (χ1) is 10.8. The number of hydrogen-bond acceptors (Lipinski definition) is 4. The third-order valence-corrected chi connectivity index (χ3v) is 5.06. The lowest BCUT2D eigenvalue weighted by atomic mass is 10.1. The zero-order valence-electron chi connectivity index (χ0n) is 12.2. The van der Waals surface area contributed by atoms with Crippen LogP contribution in [0.4, 0.5) is 4.39 Å². The number of nitrogens with one attached hydrogen (secondary N) is 1. The topological polar surface area (TPSA) is 76.1 Å². The Morgan fingerprint density at radius 1 is 1.30 bits per heavy atom.